The summed E-state index contributed by atoms with van der Waals surface area (Å²) in [6.45, 7) is 9.90. The summed E-state index contributed by atoms with van der Waals surface area (Å²) >= 11 is 0. The number of nitrogens with zero attached hydrogens (tertiary/aromatic N) is 5. The minimum Gasteiger partial charge on any atom is -0.493 e. The minimum atomic E-state index is -3.86. The van der Waals surface area contributed by atoms with Crippen LogP contribution in [0.1, 0.15) is 42.1 Å². The molecule has 0 spiro atoms. The number of aromatic nitrogens is 2. The number of amides is 1. The Hall–Kier alpha value is -4.33. The van der Waals surface area contributed by atoms with Crippen molar-refractivity contribution in [3.63, 3.8) is 0 Å². The summed E-state index contributed by atoms with van der Waals surface area (Å²) in [5, 5.41) is 0. The molecule has 0 radical (unpaired) electrons. The number of ether oxygens (including phenoxy) is 3. The van der Waals surface area contributed by atoms with E-state index in [9.17, 15) is 13.2 Å². The summed E-state index contributed by atoms with van der Waals surface area (Å²) in [6.07, 6.45) is 3.71. The number of para-hydroxylation sites is 2. The van der Waals surface area contributed by atoms with Gasteiger partial charge in [0.1, 0.15) is 0 Å². The topological polar surface area (TPSA) is 116 Å². The van der Waals surface area contributed by atoms with Crippen LogP contribution in [0.2, 0.25) is 0 Å². The second-order valence-corrected chi connectivity index (χ2v) is 14.9. The van der Waals surface area contributed by atoms with Crippen LogP contribution in [0.3, 0.4) is 0 Å². The fourth-order valence-electron chi connectivity index (χ4n) is 7.43. The molecule has 3 aromatic carbocycles. The highest BCUT2D eigenvalue weighted by molar-refractivity contribution is 7.86. The molecule has 0 saturated carbocycles. The Morgan fingerprint density at radius 2 is 1.63 bits per heavy atom. The summed E-state index contributed by atoms with van der Waals surface area (Å²) in [4.78, 5) is 25.9. The van der Waals surface area contributed by atoms with Crippen LogP contribution in [0.4, 0.5) is 5.95 Å². The van der Waals surface area contributed by atoms with Gasteiger partial charge in [0.15, 0.2) is 11.5 Å². The lowest BCUT2D eigenvalue weighted by Crippen LogP contribution is -2.39. The molecule has 3 heterocycles. The maximum Gasteiger partial charge on any atom is 0.306 e. The van der Waals surface area contributed by atoms with Crippen molar-refractivity contribution in [3.05, 3.63) is 77.9 Å². The van der Waals surface area contributed by atoms with E-state index in [1.54, 1.807) is 0 Å². The maximum atomic E-state index is 14.0. The molecule has 0 bridgehead atoms. The average molecular weight is 720 g/mol. The molecule has 0 aliphatic carbocycles. The van der Waals surface area contributed by atoms with Gasteiger partial charge in [-0.05, 0) is 69.1 Å². The molecule has 13 heteroatoms. The Morgan fingerprint density at radius 1 is 0.902 bits per heavy atom. The largest absolute Gasteiger partial charge is 0.493 e. The molecular weight excluding hydrogens is 671 g/mol. The van der Waals surface area contributed by atoms with Gasteiger partial charge in [0.2, 0.25) is 11.7 Å². The Morgan fingerprint density at radius 3 is 2.33 bits per heavy atom. The number of hydrogen-bond donors (Lipinski definition) is 0. The van der Waals surface area contributed by atoms with E-state index in [0.29, 0.717) is 31.9 Å². The van der Waals surface area contributed by atoms with E-state index in [0.717, 1.165) is 81.8 Å². The number of hydrogen-bond acceptors (Lipinski definition) is 10. The lowest BCUT2D eigenvalue weighted by Gasteiger charge is -2.33. The lowest BCUT2D eigenvalue weighted by atomic mass is 9.76. The first-order chi connectivity index (χ1) is 24.6. The molecule has 1 amide bonds. The van der Waals surface area contributed by atoms with Gasteiger partial charge in [0.25, 0.3) is 5.91 Å². The standard InChI is InChI=1S/C38H49N5O7S/c1-5-49-25-24-43-32-15-10-9-14-31(32)39-37(43)41-19-11-18-40(22-23-41)20-16-38(30-12-7-6-8-13-30)17-21-42(28-38)36(44)29-26-33(47-2)35(34(27-29)48-3)50-51(4,45)46/h6-10,12-15,26-27H,5,11,16-25,28H2,1-4H3. The molecule has 274 valence electrons. The Kier molecular flexibility index (Phi) is 11.4. The van der Waals surface area contributed by atoms with Crippen LogP contribution in [-0.2, 0) is 26.8 Å². The minimum absolute atomic E-state index is 0.0853. The van der Waals surface area contributed by atoms with Crippen LogP contribution in [0.5, 0.6) is 17.2 Å². The summed E-state index contributed by atoms with van der Waals surface area (Å²) in [7, 11) is -1.06. The third kappa shape index (κ3) is 8.26. The zero-order valence-electron chi connectivity index (χ0n) is 30.0. The summed E-state index contributed by atoms with van der Waals surface area (Å²) in [6, 6.07) is 21.9. The second kappa shape index (κ2) is 15.9. The Balaban J connectivity index is 1.17. The van der Waals surface area contributed by atoms with Crippen molar-refractivity contribution in [2.45, 2.75) is 38.1 Å². The number of rotatable bonds is 14. The number of anilines is 1. The predicted molar refractivity (Wildman–Crippen MR) is 198 cm³/mol. The van der Waals surface area contributed by atoms with Gasteiger partial charge in [-0.25, -0.2) is 4.98 Å². The molecule has 2 fully saturated rings. The molecule has 2 aliphatic rings. The zero-order chi connectivity index (χ0) is 36.0. The van der Waals surface area contributed by atoms with Crippen molar-refractivity contribution >= 4 is 33.0 Å². The second-order valence-electron chi connectivity index (χ2n) is 13.3. The Labute approximate surface area is 301 Å². The normalized spacial score (nSPS) is 18.6. The van der Waals surface area contributed by atoms with Crippen molar-refractivity contribution in [2.24, 2.45) is 0 Å². The summed E-state index contributed by atoms with van der Waals surface area (Å²) < 4.78 is 47.9. The van der Waals surface area contributed by atoms with Gasteiger partial charge >= 0.3 is 10.1 Å². The quantitative estimate of drug-likeness (QED) is 0.133. The molecule has 6 rings (SSSR count). The fourth-order valence-corrected chi connectivity index (χ4v) is 7.90. The number of methoxy groups -OCH3 is 2. The molecule has 1 unspecified atom stereocenters. The highest BCUT2D eigenvalue weighted by atomic mass is 32.2. The molecule has 0 N–H and O–H groups in total. The monoisotopic (exact) mass is 719 g/mol. The fraction of sp³-hybridized carbons (Fsp3) is 0.474. The number of fused-ring (bicyclic) bond motifs is 1. The molecule has 1 atom stereocenters. The lowest BCUT2D eigenvalue weighted by molar-refractivity contribution is 0.0780. The number of imidazole rings is 1. The van der Waals surface area contributed by atoms with E-state index >= 15 is 0 Å². The van der Waals surface area contributed by atoms with Gasteiger partial charge in [0.05, 0.1) is 38.1 Å². The van der Waals surface area contributed by atoms with E-state index in [1.807, 2.05) is 24.0 Å². The van der Waals surface area contributed by atoms with Crippen LogP contribution < -0.4 is 18.6 Å². The van der Waals surface area contributed by atoms with Crippen LogP contribution in [0.25, 0.3) is 11.0 Å². The van der Waals surface area contributed by atoms with E-state index in [2.05, 4.69) is 56.8 Å². The van der Waals surface area contributed by atoms with Crippen molar-refractivity contribution in [1.82, 2.24) is 19.4 Å². The summed E-state index contributed by atoms with van der Waals surface area (Å²) in [5.41, 5.74) is 3.49. The molecular formula is C38H49N5O7S. The number of carbonyl (C=O) groups is 1. The van der Waals surface area contributed by atoms with Gasteiger partial charge in [-0.3, -0.25) is 4.79 Å². The van der Waals surface area contributed by atoms with Crippen LogP contribution in [0, 0.1) is 0 Å². The van der Waals surface area contributed by atoms with Gasteiger partial charge in [-0.1, -0.05) is 42.5 Å². The van der Waals surface area contributed by atoms with E-state index in [1.165, 1.54) is 31.9 Å². The average Bonchev–Trinajstić information content (AvgIpc) is 3.65. The zero-order valence-corrected chi connectivity index (χ0v) is 30.9. The summed E-state index contributed by atoms with van der Waals surface area (Å²) in [5.74, 6) is 0.965. The Bertz CT molecular complexity index is 1890. The highest BCUT2D eigenvalue weighted by Gasteiger charge is 2.42. The molecule has 1 aromatic heterocycles. The first-order valence-corrected chi connectivity index (χ1v) is 19.5. The molecule has 4 aromatic rings. The molecule has 2 saturated heterocycles. The first-order valence-electron chi connectivity index (χ1n) is 17.7. The van der Waals surface area contributed by atoms with E-state index in [-0.39, 0.29) is 28.6 Å². The van der Waals surface area contributed by atoms with Gasteiger partial charge in [-0.2, -0.15) is 8.42 Å². The molecule has 12 nitrogen and oxygen atoms in total. The predicted octanol–water partition coefficient (Wildman–Crippen LogP) is 4.81. The van der Waals surface area contributed by atoms with Crippen LogP contribution in [0.15, 0.2) is 66.7 Å². The SMILES string of the molecule is CCOCCn1c(N2CCCN(CCC3(c4ccccc4)CCN(C(=O)c4cc(OC)c(OS(C)(=O)=O)c(OC)c4)C3)CC2)nc2ccccc21. The van der Waals surface area contributed by atoms with Crippen molar-refractivity contribution in [2.75, 3.05) is 84.4 Å². The van der Waals surface area contributed by atoms with Crippen LogP contribution in [-0.4, -0.2) is 113 Å². The number of benzene rings is 3. The molecule has 51 heavy (non-hydrogen) atoms. The van der Waals surface area contributed by atoms with E-state index < -0.39 is 10.1 Å². The van der Waals surface area contributed by atoms with Crippen molar-refractivity contribution in [3.8, 4) is 17.2 Å². The third-order valence-corrected chi connectivity index (χ3v) is 10.5. The smallest absolute Gasteiger partial charge is 0.306 e. The van der Waals surface area contributed by atoms with E-state index in [4.69, 9.17) is 23.4 Å². The van der Waals surface area contributed by atoms with Crippen LogP contribution >= 0.6 is 0 Å². The third-order valence-electron chi connectivity index (χ3n) is 10.0. The number of carbonyl (C=O) groups excluding carboxylic acids is 1. The maximum absolute atomic E-state index is 14.0. The van der Waals surface area contributed by atoms with Gasteiger partial charge < -0.3 is 37.7 Å². The highest BCUT2D eigenvalue weighted by Crippen LogP contribution is 2.42. The van der Waals surface area contributed by atoms with Crippen molar-refractivity contribution < 1.29 is 31.6 Å². The van der Waals surface area contributed by atoms with Gasteiger partial charge in [0, 0.05) is 56.9 Å². The van der Waals surface area contributed by atoms with Crippen molar-refractivity contribution in [1.29, 1.82) is 0 Å². The molecule has 2 aliphatic heterocycles. The first kappa shape index (κ1) is 36.5. The number of likely N-dealkylation sites (tertiary alicyclic amines) is 1. The van der Waals surface area contributed by atoms with Gasteiger partial charge in [-0.15, -0.1) is 0 Å².